The van der Waals surface area contributed by atoms with E-state index in [1.165, 1.54) is 11.3 Å². The number of rotatable bonds is 2. The number of hydrogen-bond acceptors (Lipinski definition) is 3. The molecule has 0 spiro atoms. The lowest BCUT2D eigenvalue weighted by molar-refractivity contribution is 0.259. The predicted molar refractivity (Wildman–Crippen MR) is 79.1 cm³/mol. The lowest BCUT2D eigenvalue weighted by Gasteiger charge is -2.36. The van der Waals surface area contributed by atoms with E-state index in [2.05, 4.69) is 44.9 Å². The van der Waals surface area contributed by atoms with Crippen molar-refractivity contribution in [3.8, 4) is 0 Å². The Kier molecular flexibility index (Phi) is 3.69. The topological polar surface area (TPSA) is 37.8 Å². The zero-order valence-electron chi connectivity index (χ0n) is 13.2. The van der Waals surface area contributed by atoms with E-state index in [1.54, 1.807) is 0 Å². The van der Waals surface area contributed by atoms with Gasteiger partial charge < -0.3 is 5.32 Å². The predicted octanol–water partition coefficient (Wildman–Crippen LogP) is 3.30. The second kappa shape index (κ2) is 4.86. The molecule has 0 amide bonds. The van der Waals surface area contributed by atoms with Crippen LogP contribution in [-0.4, -0.2) is 17.0 Å². The highest BCUT2D eigenvalue weighted by atomic mass is 14.9. The summed E-state index contributed by atoms with van der Waals surface area (Å²) in [6.07, 6.45) is 5.18. The molecule has 0 radical (unpaired) electrons. The van der Waals surface area contributed by atoms with Crippen LogP contribution in [0, 0.1) is 10.8 Å². The third kappa shape index (κ3) is 3.53. The number of nitrogens with zero attached hydrogens (tertiary/aromatic N) is 2. The Morgan fingerprint density at radius 3 is 2.63 bits per heavy atom. The van der Waals surface area contributed by atoms with Crippen LogP contribution in [0.15, 0.2) is 6.20 Å². The average molecular weight is 261 g/mol. The van der Waals surface area contributed by atoms with Crippen LogP contribution in [0.4, 0.5) is 0 Å². The summed E-state index contributed by atoms with van der Waals surface area (Å²) in [5.74, 6) is 0.985. The van der Waals surface area contributed by atoms with E-state index < -0.39 is 0 Å². The van der Waals surface area contributed by atoms with Gasteiger partial charge in [-0.05, 0) is 30.7 Å². The summed E-state index contributed by atoms with van der Waals surface area (Å²) in [5.41, 5.74) is 3.08. The van der Waals surface area contributed by atoms with Crippen LogP contribution in [0.2, 0.25) is 0 Å². The standard InChI is InChI=1S/C16H27N3/c1-15(2,3)9-14-18-10-11-12(17-6)7-16(4,5)8-13(11)19-14/h10,12,17H,7-9H2,1-6H3. The highest BCUT2D eigenvalue weighted by Crippen LogP contribution is 2.39. The zero-order chi connectivity index (χ0) is 14.3. The summed E-state index contributed by atoms with van der Waals surface area (Å²) in [6, 6.07) is 0.391. The number of fused-ring (bicyclic) bond motifs is 1. The molecule has 0 aliphatic heterocycles. The van der Waals surface area contributed by atoms with Crippen molar-refractivity contribution >= 4 is 0 Å². The van der Waals surface area contributed by atoms with Gasteiger partial charge in [-0.25, -0.2) is 9.97 Å². The number of nitrogens with one attached hydrogen (secondary N) is 1. The summed E-state index contributed by atoms with van der Waals surface area (Å²) in [5, 5.41) is 3.40. The van der Waals surface area contributed by atoms with E-state index >= 15 is 0 Å². The third-order valence-electron chi connectivity index (χ3n) is 3.76. The first-order valence-electron chi connectivity index (χ1n) is 7.22. The maximum atomic E-state index is 4.84. The molecule has 1 aromatic heterocycles. The molecule has 1 aliphatic carbocycles. The Labute approximate surface area is 117 Å². The summed E-state index contributed by atoms with van der Waals surface area (Å²) >= 11 is 0. The molecule has 19 heavy (non-hydrogen) atoms. The highest BCUT2D eigenvalue weighted by molar-refractivity contribution is 5.26. The molecule has 0 bridgehead atoms. The molecule has 1 heterocycles. The maximum absolute atomic E-state index is 4.84. The van der Waals surface area contributed by atoms with Crippen LogP contribution in [0.1, 0.15) is 64.2 Å². The fourth-order valence-electron chi connectivity index (χ4n) is 2.91. The lowest BCUT2D eigenvalue weighted by Crippen LogP contribution is -2.33. The van der Waals surface area contributed by atoms with Gasteiger partial charge >= 0.3 is 0 Å². The summed E-state index contributed by atoms with van der Waals surface area (Å²) in [7, 11) is 2.03. The van der Waals surface area contributed by atoms with Crippen molar-refractivity contribution in [1.82, 2.24) is 15.3 Å². The minimum atomic E-state index is 0.237. The van der Waals surface area contributed by atoms with Crippen molar-refractivity contribution in [2.24, 2.45) is 10.8 Å². The van der Waals surface area contributed by atoms with Crippen LogP contribution in [0.5, 0.6) is 0 Å². The van der Waals surface area contributed by atoms with E-state index in [-0.39, 0.29) is 5.41 Å². The van der Waals surface area contributed by atoms with E-state index in [0.29, 0.717) is 11.5 Å². The van der Waals surface area contributed by atoms with Gasteiger partial charge in [0.25, 0.3) is 0 Å². The monoisotopic (exact) mass is 261 g/mol. The van der Waals surface area contributed by atoms with Gasteiger partial charge in [-0.2, -0.15) is 0 Å². The van der Waals surface area contributed by atoms with Crippen LogP contribution < -0.4 is 5.32 Å². The molecule has 2 rings (SSSR count). The fourth-order valence-corrected chi connectivity index (χ4v) is 2.91. The van der Waals surface area contributed by atoms with Crippen LogP contribution >= 0.6 is 0 Å². The minimum Gasteiger partial charge on any atom is -0.313 e. The molecule has 106 valence electrons. The smallest absolute Gasteiger partial charge is 0.129 e. The van der Waals surface area contributed by atoms with Crippen molar-refractivity contribution in [2.45, 2.75) is 59.9 Å². The Balaban J connectivity index is 2.33. The van der Waals surface area contributed by atoms with Gasteiger partial charge in [0.15, 0.2) is 0 Å². The Morgan fingerprint density at radius 2 is 2.05 bits per heavy atom. The van der Waals surface area contributed by atoms with Gasteiger partial charge in [0.2, 0.25) is 0 Å². The molecule has 0 saturated heterocycles. The molecule has 1 N–H and O–H groups in total. The molecule has 0 saturated carbocycles. The van der Waals surface area contributed by atoms with Crippen molar-refractivity contribution in [3.63, 3.8) is 0 Å². The van der Waals surface area contributed by atoms with Gasteiger partial charge in [0.1, 0.15) is 5.82 Å². The fraction of sp³-hybridized carbons (Fsp3) is 0.750. The van der Waals surface area contributed by atoms with E-state index in [9.17, 15) is 0 Å². The van der Waals surface area contributed by atoms with E-state index in [1.807, 2.05) is 13.2 Å². The molecule has 1 aromatic rings. The van der Waals surface area contributed by atoms with Gasteiger partial charge in [-0.15, -0.1) is 0 Å². The summed E-state index contributed by atoms with van der Waals surface area (Å²) in [6.45, 7) is 11.3. The molecule has 1 atom stereocenters. The molecule has 0 fully saturated rings. The molecule has 3 nitrogen and oxygen atoms in total. The first-order chi connectivity index (χ1) is 8.70. The lowest BCUT2D eigenvalue weighted by atomic mass is 9.74. The largest absolute Gasteiger partial charge is 0.313 e. The van der Waals surface area contributed by atoms with Crippen molar-refractivity contribution in [1.29, 1.82) is 0 Å². The third-order valence-corrected chi connectivity index (χ3v) is 3.76. The van der Waals surface area contributed by atoms with Crippen LogP contribution in [0.25, 0.3) is 0 Å². The van der Waals surface area contributed by atoms with Crippen molar-refractivity contribution < 1.29 is 0 Å². The normalized spacial score (nSPS) is 22.1. The molecule has 1 aliphatic rings. The van der Waals surface area contributed by atoms with E-state index in [4.69, 9.17) is 4.98 Å². The quantitative estimate of drug-likeness (QED) is 0.887. The minimum absolute atomic E-state index is 0.237. The molecule has 0 aromatic carbocycles. The number of hydrogen-bond donors (Lipinski definition) is 1. The molecule has 1 unspecified atom stereocenters. The van der Waals surface area contributed by atoms with Crippen LogP contribution in [-0.2, 0) is 12.8 Å². The van der Waals surface area contributed by atoms with Crippen molar-refractivity contribution in [3.05, 3.63) is 23.3 Å². The first-order valence-corrected chi connectivity index (χ1v) is 7.22. The highest BCUT2D eigenvalue weighted by Gasteiger charge is 2.33. The maximum Gasteiger partial charge on any atom is 0.129 e. The van der Waals surface area contributed by atoms with Gasteiger partial charge in [0.05, 0.1) is 0 Å². The molecule has 3 heteroatoms. The Bertz CT molecular complexity index is 458. The SMILES string of the molecule is CNC1CC(C)(C)Cc2nc(CC(C)(C)C)ncc21. The van der Waals surface area contributed by atoms with Gasteiger partial charge in [-0.1, -0.05) is 34.6 Å². The summed E-state index contributed by atoms with van der Waals surface area (Å²) < 4.78 is 0. The molecular weight excluding hydrogens is 234 g/mol. The van der Waals surface area contributed by atoms with Gasteiger partial charge in [0, 0.05) is 29.9 Å². The average Bonchev–Trinajstić information content (AvgIpc) is 2.23. The zero-order valence-corrected chi connectivity index (χ0v) is 13.2. The van der Waals surface area contributed by atoms with Crippen LogP contribution in [0.3, 0.4) is 0 Å². The van der Waals surface area contributed by atoms with E-state index in [0.717, 1.165) is 25.1 Å². The second-order valence-electron chi connectivity index (χ2n) is 7.81. The Morgan fingerprint density at radius 1 is 1.37 bits per heavy atom. The number of aromatic nitrogens is 2. The second-order valence-corrected chi connectivity index (χ2v) is 7.81. The summed E-state index contributed by atoms with van der Waals surface area (Å²) in [4.78, 5) is 9.41. The van der Waals surface area contributed by atoms with Gasteiger partial charge in [-0.3, -0.25) is 0 Å². The van der Waals surface area contributed by atoms with Crippen molar-refractivity contribution in [2.75, 3.05) is 7.05 Å². The molecular formula is C16H27N3. The Hall–Kier alpha value is -0.960. The first kappa shape index (κ1) is 14.4.